The van der Waals surface area contributed by atoms with Gasteiger partial charge in [-0.05, 0) is 41.0 Å². The molecule has 0 bridgehead atoms. The van der Waals surface area contributed by atoms with E-state index in [0.717, 1.165) is 11.1 Å². The van der Waals surface area contributed by atoms with Crippen molar-refractivity contribution < 1.29 is 38.1 Å². The number of benzene rings is 3. The number of phosphoric acid groups is 1. The van der Waals surface area contributed by atoms with Crippen LogP contribution >= 0.6 is 31.0 Å². The van der Waals surface area contributed by atoms with Crippen LogP contribution in [-0.2, 0) is 33.4 Å². The molecule has 0 unspecified atom stereocenters. The van der Waals surface area contributed by atoms with Gasteiger partial charge in [0.05, 0.1) is 23.1 Å². The Labute approximate surface area is 256 Å². The summed E-state index contributed by atoms with van der Waals surface area (Å²) in [5, 5.41) is 20.1. The molecule has 3 aromatic carbocycles. The molecular weight excluding hydrogens is 622 g/mol. The molecule has 0 saturated heterocycles. The Morgan fingerprint density at radius 3 is 2.28 bits per heavy atom. The topological polar surface area (TPSA) is 184 Å². The lowest BCUT2D eigenvalue weighted by molar-refractivity contribution is -0.129. The van der Waals surface area contributed by atoms with Crippen LogP contribution < -0.4 is 15.2 Å². The second kappa shape index (κ2) is 14.6. The van der Waals surface area contributed by atoms with Crippen molar-refractivity contribution in [2.24, 2.45) is 0 Å². The van der Waals surface area contributed by atoms with Crippen LogP contribution in [0.1, 0.15) is 34.4 Å². The van der Waals surface area contributed by atoms with E-state index >= 15 is 0 Å². The minimum atomic E-state index is -4.75. The normalized spacial score (nSPS) is 12.8. The molecule has 2 amide bonds. The van der Waals surface area contributed by atoms with Crippen molar-refractivity contribution in [2.45, 2.75) is 31.3 Å². The number of rotatable bonds is 13. The lowest BCUT2D eigenvalue weighted by Gasteiger charge is -2.21. The van der Waals surface area contributed by atoms with E-state index < -0.39 is 38.3 Å². The van der Waals surface area contributed by atoms with Crippen molar-refractivity contribution in [2.75, 3.05) is 6.61 Å². The van der Waals surface area contributed by atoms with Crippen LogP contribution in [0.5, 0.6) is 5.75 Å². The fourth-order valence-electron chi connectivity index (χ4n) is 4.07. The smallest absolute Gasteiger partial charge is 0.404 e. The van der Waals surface area contributed by atoms with Gasteiger partial charge in [-0.3, -0.25) is 19.4 Å². The van der Waals surface area contributed by atoms with Gasteiger partial charge in [-0.25, -0.2) is 4.57 Å². The van der Waals surface area contributed by atoms with Crippen LogP contribution in [-0.4, -0.2) is 49.5 Å². The highest BCUT2D eigenvalue weighted by molar-refractivity contribution is 7.46. The molecule has 5 N–H and O–H groups in total. The zero-order valence-electron chi connectivity index (χ0n) is 22.4. The average molecular weight is 649 g/mol. The van der Waals surface area contributed by atoms with Crippen LogP contribution in [0.15, 0.2) is 77.3 Å². The lowest BCUT2D eigenvalue weighted by atomic mass is 10.0. The van der Waals surface area contributed by atoms with Gasteiger partial charge in [0.25, 0.3) is 5.89 Å². The summed E-state index contributed by atoms with van der Waals surface area (Å²) in [5.74, 6) is -0.888. The molecule has 0 spiro atoms. The van der Waals surface area contributed by atoms with Crippen LogP contribution in [0.2, 0.25) is 10.0 Å². The van der Waals surface area contributed by atoms with Crippen molar-refractivity contribution in [3.8, 4) is 5.75 Å². The fourth-order valence-corrected chi connectivity index (χ4v) is 4.78. The van der Waals surface area contributed by atoms with E-state index in [1.54, 1.807) is 42.5 Å². The molecular formula is C28H27Cl2N4O8P. The lowest BCUT2D eigenvalue weighted by Crippen LogP contribution is -2.49. The zero-order chi connectivity index (χ0) is 31.0. The molecule has 43 heavy (non-hydrogen) atoms. The van der Waals surface area contributed by atoms with Gasteiger partial charge in [-0.2, -0.15) is 4.98 Å². The van der Waals surface area contributed by atoms with Crippen LogP contribution in [0.3, 0.4) is 0 Å². The fraction of sp³-hybridized carbons (Fsp3) is 0.214. The largest absolute Gasteiger partial charge is 0.524 e. The van der Waals surface area contributed by atoms with Crippen molar-refractivity contribution in [1.29, 1.82) is 0 Å². The number of aromatic nitrogens is 2. The van der Waals surface area contributed by atoms with Gasteiger partial charge in [0.1, 0.15) is 17.8 Å². The Morgan fingerprint density at radius 1 is 0.930 bits per heavy atom. The van der Waals surface area contributed by atoms with Gasteiger partial charge < -0.3 is 24.8 Å². The van der Waals surface area contributed by atoms with Gasteiger partial charge in [-0.1, -0.05) is 76.9 Å². The first-order valence-corrected chi connectivity index (χ1v) is 15.1. The molecule has 1 heterocycles. The number of phosphoric ester groups is 1. The first kappa shape index (κ1) is 32.2. The van der Waals surface area contributed by atoms with E-state index in [-0.39, 0.29) is 36.7 Å². The van der Waals surface area contributed by atoms with Crippen molar-refractivity contribution in [3.05, 3.63) is 111 Å². The quantitative estimate of drug-likeness (QED) is 0.134. The number of nitrogens with one attached hydrogen (secondary N) is 2. The molecule has 4 rings (SSSR count). The van der Waals surface area contributed by atoms with E-state index in [1.807, 2.05) is 6.07 Å². The van der Waals surface area contributed by atoms with Crippen LogP contribution in [0, 0.1) is 0 Å². The molecule has 0 radical (unpaired) electrons. The summed E-state index contributed by atoms with van der Waals surface area (Å²) in [5.41, 5.74) is 2.07. The van der Waals surface area contributed by atoms with Crippen molar-refractivity contribution in [1.82, 2.24) is 20.8 Å². The molecule has 12 nitrogen and oxygen atoms in total. The molecule has 1 aromatic heterocycles. The second-order valence-electron chi connectivity index (χ2n) is 9.43. The summed E-state index contributed by atoms with van der Waals surface area (Å²) in [6.45, 7) is -0.570. The maximum atomic E-state index is 13.4. The molecule has 0 aliphatic rings. The van der Waals surface area contributed by atoms with E-state index in [2.05, 4.69) is 25.3 Å². The first-order valence-electron chi connectivity index (χ1n) is 12.8. The predicted molar refractivity (Wildman–Crippen MR) is 156 cm³/mol. The third-order valence-corrected chi connectivity index (χ3v) is 7.26. The second-order valence-corrected chi connectivity index (χ2v) is 11.4. The summed E-state index contributed by atoms with van der Waals surface area (Å²) in [6, 6.07) is 17.5. The number of nitrogens with zero attached hydrogens (tertiary/aromatic N) is 2. The molecule has 0 saturated carbocycles. The van der Waals surface area contributed by atoms with Gasteiger partial charge >= 0.3 is 7.82 Å². The summed E-state index contributed by atoms with van der Waals surface area (Å²) in [4.78, 5) is 48.6. The van der Waals surface area contributed by atoms with Gasteiger partial charge in [0.15, 0.2) is 5.82 Å². The summed E-state index contributed by atoms with van der Waals surface area (Å²) in [7, 11) is -4.75. The van der Waals surface area contributed by atoms with E-state index in [0.29, 0.717) is 15.6 Å². The first-order chi connectivity index (χ1) is 20.5. The Balaban J connectivity index is 1.48. The number of aliphatic hydroxyl groups is 1. The number of hydrogen-bond acceptors (Lipinski definition) is 8. The standard InChI is InChI=1S/C28H27Cl2N4O8P/c29-21-11-8-19(12-22(21)30)14-25-33-28(41-34-25)24(16-35)32-27(37)23(31-26(36)15-17-4-2-1-3-5-17)13-18-6-9-20(10-7-18)42-43(38,39)40/h1-12,23-24,35H,13-16H2,(H,31,36)(H,32,37)(H2,38,39,40)/t23-,24-/m0/s1. The maximum Gasteiger partial charge on any atom is 0.524 e. The zero-order valence-corrected chi connectivity index (χ0v) is 24.8. The van der Waals surface area contributed by atoms with Gasteiger partial charge in [0, 0.05) is 12.8 Å². The van der Waals surface area contributed by atoms with Crippen LogP contribution in [0.25, 0.3) is 0 Å². The van der Waals surface area contributed by atoms with E-state index in [4.69, 9.17) is 37.5 Å². The van der Waals surface area contributed by atoms with Crippen LogP contribution in [0.4, 0.5) is 0 Å². The predicted octanol–water partition coefficient (Wildman–Crippen LogP) is 3.56. The van der Waals surface area contributed by atoms with E-state index in [1.165, 1.54) is 24.3 Å². The number of aliphatic hydroxyl groups excluding tert-OH is 1. The van der Waals surface area contributed by atoms with E-state index in [9.17, 15) is 19.3 Å². The highest BCUT2D eigenvalue weighted by Crippen LogP contribution is 2.37. The highest BCUT2D eigenvalue weighted by atomic mass is 35.5. The Morgan fingerprint density at radius 2 is 1.63 bits per heavy atom. The summed E-state index contributed by atoms with van der Waals surface area (Å²) >= 11 is 12.0. The number of amides is 2. The monoisotopic (exact) mass is 648 g/mol. The molecule has 15 heteroatoms. The number of halogens is 2. The molecule has 226 valence electrons. The molecule has 0 aliphatic carbocycles. The number of carbonyl (C=O) groups excluding carboxylic acids is 2. The summed E-state index contributed by atoms with van der Waals surface area (Å²) < 4.78 is 21.0. The number of hydrogen-bond donors (Lipinski definition) is 5. The Bertz CT molecular complexity index is 1600. The minimum absolute atomic E-state index is 0.00706. The molecule has 0 aliphatic heterocycles. The van der Waals surface area contributed by atoms with Gasteiger partial charge in [0.2, 0.25) is 11.8 Å². The average Bonchev–Trinajstić information content (AvgIpc) is 3.42. The third-order valence-electron chi connectivity index (χ3n) is 6.07. The molecule has 2 atom stereocenters. The molecule has 4 aromatic rings. The number of carbonyl (C=O) groups is 2. The Hall–Kier alpha value is -3.77. The van der Waals surface area contributed by atoms with Crippen molar-refractivity contribution in [3.63, 3.8) is 0 Å². The summed E-state index contributed by atoms with van der Waals surface area (Å²) in [6.07, 6.45) is 0.282. The van der Waals surface area contributed by atoms with Crippen molar-refractivity contribution >= 4 is 42.8 Å². The minimum Gasteiger partial charge on any atom is -0.404 e. The Kier molecular flexibility index (Phi) is 10.9. The SMILES string of the molecule is O=C(Cc1ccccc1)N[C@@H](Cc1ccc(OP(=O)(O)O)cc1)C(=O)N[C@@H](CO)c1nc(Cc2ccc(Cl)c(Cl)c2)no1. The van der Waals surface area contributed by atoms with Gasteiger partial charge in [-0.15, -0.1) is 0 Å². The maximum absolute atomic E-state index is 13.4. The third kappa shape index (κ3) is 9.89. The highest BCUT2D eigenvalue weighted by Gasteiger charge is 2.27. The molecule has 0 fully saturated rings.